The highest BCUT2D eigenvalue weighted by molar-refractivity contribution is 5.50. The van der Waals surface area contributed by atoms with Crippen molar-refractivity contribution >= 4 is 0 Å². The molecule has 0 radical (unpaired) electrons. The molecule has 1 fully saturated rings. The molecule has 37 heavy (non-hydrogen) atoms. The molecule has 0 unspecified atom stereocenters. The first kappa shape index (κ1) is 26.8. The third-order valence-corrected chi connectivity index (χ3v) is 6.47. The topological polar surface area (TPSA) is 41.9 Å². The molecular weight excluding hydrogens is 500 g/mol. The molecule has 0 amide bonds. The largest absolute Gasteiger partial charge is 0.573 e. The van der Waals surface area contributed by atoms with Gasteiger partial charge in [-0.1, -0.05) is 66.7 Å². The maximum atomic E-state index is 13.2. The summed E-state index contributed by atoms with van der Waals surface area (Å²) in [5, 5.41) is 12.2. The Morgan fingerprint density at radius 1 is 0.676 bits per heavy atom. The van der Waals surface area contributed by atoms with Gasteiger partial charge in [0.2, 0.25) is 0 Å². The van der Waals surface area contributed by atoms with Gasteiger partial charge in [-0.25, -0.2) is 0 Å². The number of hydrogen-bond acceptors (Lipinski definition) is 4. The SMILES string of the molecule is OC(c1ccccc1OC(F)(F)F)(c1ccccc1OC(F)(F)F)C1CCN(Cc2ccccc2)CC1. The minimum Gasteiger partial charge on any atom is -0.405 e. The Morgan fingerprint density at radius 2 is 1.11 bits per heavy atom. The van der Waals surface area contributed by atoms with Gasteiger partial charge in [-0.2, -0.15) is 0 Å². The molecule has 0 aromatic heterocycles. The molecule has 0 bridgehead atoms. The second-order valence-corrected chi connectivity index (χ2v) is 8.89. The molecule has 1 N–H and O–H groups in total. The smallest absolute Gasteiger partial charge is 0.405 e. The van der Waals surface area contributed by atoms with E-state index in [4.69, 9.17) is 0 Å². The van der Waals surface area contributed by atoms with Crippen molar-refractivity contribution in [1.82, 2.24) is 4.90 Å². The number of hydrogen-bond donors (Lipinski definition) is 1. The first-order chi connectivity index (χ1) is 17.5. The molecule has 1 saturated heterocycles. The number of likely N-dealkylation sites (tertiary alicyclic amines) is 1. The lowest BCUT2D eigenvalue weighted by Crippen LogP contribution is -2.44. The van der Waals surface area contributed by atoms with Crippen LogP contribution in [-0.2, 0) is 12.1 Å². The van der Waals surface area contributed by atoms with Crippen LogP contribution < -0.4 is 9.47 Å². The van der Waals surface area contributed by atoms with E-state index in [1.165, 1.54) is 36.4 Å². The molecule has 0 aliphatic carbocycles. The van der Waals surface area contributed by atoms with Crippen LogP contribution >= 0.6 is 0 Å². The molecule has 10 heteroatoms. The summed E-state index contributed by atoms with van der Waals surface area (Å²) in [5.41, 5.74) is -1.76. The predicted octanol–water partition coefficient (Wildman–Crippen LogP) is 6.63. The third kappa shape index (κ3) is 6.56. The van der Waals surface area contributed by atoms with Crippen molar-refractivity contribution in [3.63, 3.8) is 0 Å². The van der Waals surface area contributed by atoms with E-state index < -0.39 is 35.7 Å². The fraction of sp³-hybridized carbons (Fsp3) is 0.333. The standard InChI is InChI=1S/C27H25F6NO3/c28-26(29,30)36-23-12-6-4-10-21(23)25(35,22-11-5-7-13-24(22)37-27(31,32)33)20-14-16-34(17-15-20)18-19-8-2-1-3-9-19/h1-13,20,35H,14-18H2. The lowest BCUT2D eigenvalue weighted by atomic mass is 9.71. The highest BCUT2D eigenvalue weighted by atomic mass is 19.4. The van der Waals surface area contributed by atoms with Crippen LogP contribution in [0.5, 0.6) is 11.5 Å². The van der Waals surface area contributed by atoms with Gasteiger partial charge in [0.15, 0.2) is 0 Å². The Morgan fingerprint density at radius 3 is 1.57 bits per heavy atom. The number of piperidine rings is 1. The minimum atomic E-state index is -5.07. The van der Waals surface area contributed by atoms with Crippen molar-refractivity contribution in [1.29, 1.82) is 0 Å². The average Bonchev–Trinajstić information content (AvgIpc) is 2.83. The first-order valence-electron chi connectivity index (χ1n) is 11.6. The van der Waals surface area contributed by atoms with Crippen LogP contribution in [0, 0.1) is 5.92 Å². The van der Waals surface area contributed by atoms with Crippen LogP contribution in [-0.4, -0.2) is 35.8 Å². The summed E-state index contributed by atoms with van der Waals surface area (Å²) in [6.07, 6.45) is -9.52. The molecule has 4 rings (SSSR count). The molecule has 1 aliphatic rings. The second kappa shape index (κ2) is 10.6. The fourth-order valence-corrected chi connectivity index (χ4v) is 4.93. The van der Waals surface area contributed by atoms with Crippen molar-refractivity contribution in [2.45, 2.75) is 37.7 Å². The summed E-state index contributed by atoms with van der Waals surface area (Å²) in [6, 6.07) is 19.6. The van der Waals surface area contributed by atoms with Gasteiger partial charge in [0, 0.05) is 17.7 Å². The zero-order valence-corrected chi connectivity index (χ0v) is 19.6. The summed E-state index contributed by atoms with van der Waals surface area (Å²) in [5.74, 6) is -2.10. The normalized spacial score (nSPS) is 16.0. The van der Waals surface area contributed by atoms with E-state index in [1.54, 1.807) is 0 Å². The van der Waals surface area contributed by atoms with Gasteiger partial charge in [-0.15, -0.1) is 26.3 Å². The Bertz CT molecular complexity index is 1120. The van der Waals surface area contributed by atoms with Gasteiger partial charge in [-0.05, 0) is 49.5 Å². The lowest BCUT2D eigenvalue weighted by molar-refractivity contribution is -0.275. The van der Waals surface area contributed by atoms with Gasteiger partial charge in [0.25, 0.3) is 0 Å². The number of benzene rings is 3. The Kier molecular flexibility index (Phi) is 7.70. The van der Waals surface area contributed by atoms with Gasteiger partial charge >= 0.3 is 12.7 Å². The van der Waals surface area contributed by atoms with Crippen LogP contribution in [0.25, 0.3) is 0 Å². The molecule has 1 heterocycles. The van der Waals surface area contributed by atoms with E-state index in [0.29, 0.717) is 32.5 Å². The lowest BCUT2D eigenvalue weighted by Gasteiger charge is -2.43. The minimum absolute atomic E-state index is 0.285. The number of para-hydroxylation sites is 2. The number of ether oxygens (including phenoxy) is 2. The molecule has 0 atom stereocenters. The van der Waals surface area contributed by atoms with E-state index >= 15 is 0 Å². The zero-order chi connectivity index (χ0) is 26.7. The highest BCUT2D eigenvalue weighted by Gasteiger charge is 2.47. The number of alkyl halides is 6. The van der Waals surface area contributed by atoms with Crippen molar-refractivity contribution in [3.8, 4) is 11.5 Å². The van der Waals surface area contributed by atoms with E-state index in [-0.39, 0.29) is 11.1 Å². The molecule has 0 spiro atoms. The number of nitrogens with zero attached hydrogens (tertiary/aromatic N) is 1. The van der Waals surface area contributed by atoms with Crippen LogP contribution in [0.4, 0.5) is 26.3 Å². The molecule has 3 aromatic rings. The average molecular weight is 525 g/mol. The third-order valence-electron chi connectivity index (χ3n) is 6.47. The van der Waals surface area contributed by atoms with Gasteiger partial charge < -0.3 is 14.6 Å². The van der Waals surface area contributed by atoms with E-state index in [9.17, 15) is 31.4 Å². The van der Waals surface area contributed by atoms with Crippen molar-refractivity contribution in [3.05, 3.63) is 95.6 Å². The maximum absolute atomic E-state index is 13.2. The van der Waals surface area contributed by atoms with Crippen LogP contribution in [0.15, 0.2) is 78.9 Å². The molecule has 0 saturated carbocycles. The Labute approximate surface area is 210 Å². The fourth-order valence-electron chi connectivity index (χ4n) is 4.93. The van der Waals surface area contributed by atoms with Crippen LogP contribution in [0.1, 0.15) is 29.5 Å². The number of rotatable bonds is 7. The highest BCUT2D eigenvalue weighted by Crippen LogP contribution is 2.49. The van der Waals surface area contributed by atoms with E-state index in [1.807, 2.05) is 30.3 Å². The summed E-state index contributed by atoms with van der Waals surface area (Å²) in [4.78, 5) is 2.13. The Hall–Kier alpha value is -3.24. The second-order valence-electron chi connectivity index (χ2n) is 8.89. The van der Waals surface area contributed by atoms with E-state index in [0.717, 1.165) is 17.7 Å². The molecule has 1 aliphatic heterocycles. The van der Waals surface area contributed by atoms with Crippen molar-refractivity contribution in [2.24, 2.45) is 5.92 Å². The van der Waals surface area contributed by atoms with E-state index in [2.05, 4.69) is 14.4 Å². The van der Waals surface area contributed by atoms with Gasteiger partial charge in [0.1, 0.15) is 17.1 Å². The maximum Gasteiger partial charge on any atom is 0.573 e. The summed E-state index contributed by atoms with van der Waals surface area (Å²) >= 11 is 0. The van der Waals surface area contributed by atoms with Crippen molar-refractivity contribution in [2.75, 3.05) is 13.1 Å². The number of aliphatic hydroxyl groups is 1. The monoisotopic (exact) mass is 525 g/mol. The van der Waals surface area contributed by atoms with Crippen molar-refractivity contribution < 1.29 is 40.9 Å². The first-order valence-corrected chi connectivity index (χ1v) is 11.6. The van der Waals surface area contributed by atoms with Crippen LogP contribution in [0.2, 0.25) is 0 Å². The van der Waals surface area contributed by atoms with Gasteiger partial charge in [-0.3, -0.25) is 4.90 Å². The van der Waals surface area contributed by atoms with Gasteiger partial charge in [0.05, 0.1) is 0 Å². The van der Waals surface area contributed by atoms with Crippen LogP contribution in [0.3, 0.4) is 0 Å². The Balaban J connectivity index is 1.74. The summed E-state index contributed by atoms with van der Waals surface area (Å²) in [7, 11) is 0. The molecular formula is C27H25F6NO3. The summed E-state index contributed by atoms with van der Waals surface area (Å²) in [6.45, 7) is 1.59. The predicted molar refractivity (Wildman–Crippen MR) is 124 cm³/mol. The molecule has 4 nitrogen and oxygen atoms in total. The molecule has 3 aromatic carbocycles. The summed E-state index contributed by atoms with van der Waals surface area (Å²) < 4.78 is 87.8. The number of halogens is 6. The quantitative estimate of drug-likeness (QED) is 0.352. The molecule has 198 valence electrons. The zero-order valence-electron chi connectivity index (χ0n) is 19.6.